The first-order valence-electron chi connectivity index (χ1n) is 18.7. The Morgan fingerprint density at radius 2 is 1.20 bits per heavy atom. The molecule has 3 N–H and O–H groups in total. The summed E-state index contributed by atoms with van der Waals surface area (Å²) in [6.45, 7) is 3.17. The molecular weight excluding hydrogens is 733 g/mol. The van der Waals surface area contributed by atoms with Gasteiger partial charge in [-0.05, 0) is 55.0 Å². The summed E-state index contributed by atoms with van der Waals surface area (Å²) in [4.78, 5) is 58.8. The Hall–Kier alpha value is -5.55. The van der Waals surface area contributed by atoms with Gasteiger partial charge in [0.1, 0.15) is 31.0 Å². The molecule has 4 aromatic carbocycles. The molecule has 0 spiro atoms. The van der Waals surface area contributed by atoms with E-state index in [-0.39, 0.29) is 39.3 Å². The molecular formula is C43H48N3O9P. The van der Waals surface area contributed by atoms with E-state index < -0.39 is 55.5 Å². The summed E-state index contributed by atoms with van der Waals surface area (Å²) < 4.78 is 36.6. The van der Waals surface area contributed by atoms with E-state index in [1.807, 2.05) is 91.0 Å². The van der Waals surface area contributed by atoms with Gasteiger partial charge in [-0.2, -0.15) is 0 Å². The van der Waals surface area contributed by atoms with E-state index in [9.17, 15) is 23.7 Å². The highest BCUT2D eigenvalue weighted by Crippen LogP contribution is 2.54. The number of H-pyrrole nitrogens is 1. The third-order valence-electron chi connectivity index (χ3n) is 9.02. The molecule has 0 fully saturated rings. The van der Waals surface area contributed by atoms with Gasteiger partial charge in [-0.25, -0.2) is 4.79 Å². The highest BCUT2D eigenvalue weighted by Gasteiger charge is 2.42. The van der Waals surface area contributed by atoms with E-state index in [4.69, 9.17) is 18.5 Å². The molecule has 0 aliphatic carbocycles. The van der Waals surface area contributed by atoms with Gasteiger partial charge in [0.05, 0.1) is 19.6 Å². The van der Waals surface area contributed by atoms with Crippen LogP contribution in [0.15, 0.2) is 121 Å². The molecule has 1 heterocycles. The van der Waals surface area contributed by atoms with Crippen LogP contribution >= 0.6 is 7.60 Å². The first kappa shape index (κ1) is 41.6. The van der Waals surface area contributed by atoms with Crippen molar-refractivity contribution in [2.75, 3.05) is 13.2 Å². The summed E-state index contributed by atoms with van der Waals surface area (Å²) in [5, 5.41) is 6.25. The van der Waals surface area contributed by atoms with Crippen LogP contribution < -0.4 is 10.6 Å². The molecule has 5 aromatic rings. The lowest BCUT2D eigenvalue weighted by Crippen LogP contribution is -2.54. The zero-order chi connectivity index (χ0) is 39.8. The fourth-order valence-corrected chi connectivity index (χ4v) is 8.18. The number of hydrogen-bond acceptors (Lipinski definition) is 9. The zero-order valence-corrected chi connectivity index (χ0v) is 32.5. The number of aromatic nitrogens is 1. The van der Waals surface area contributed by atoms with Crippen LogP contribution in [0.4, 0.5) is 0 Å². The van der Waals surface area contributed by atoms with Crippen molar-refractivity contribution >= 4 is 42.3 Å². The van der Waals surface area contributed by atoms with Gasteiger partial charge in [0.15, 0.2) is 0 Å². The maximum absolute atomic E-state index is 14.3. The first-order chi connectivity index (χ1) is 27.2. The molecule has 5 rings (SSSR count). The number of rotatable bonds is 21. The molecule has 0 aliphatic heterocycles. The maximum Gasteiger partial charge on any atom is 0.343 e. The van der Waals surface area contributed by atoms with Crippen molar-refractivity contribution in [3.8, 4) is 0 Å². The summed E-state index contributed by atoms with van der Waals surface area (Å²) in [6.07, 6.45) is 1.59. The Balaban J connectivity index is 1.42. The first-order valence-corrected chi connectivity index (χ1v) is 20.3. The van der Waals surface area contributed by atoms with E-state index in [1.165, 1.54) is 0 Å². The van der Waals surface area contributed by atoms with Crippen LogP contribution in [0, 0.1) is 0 Å². The second-order valence-electron chi connectivity index (χ2n) is 13.0. The van der Waals surface area contributed by atoms with Crippen molar-refractivity contribution in [2.45, 2.75) is 70.5 Å². The van der Waals surface area contributed by atoms with Crippen LogP contribution in [0.25, 0.3) is 10.9 Å². The zero-order valence-electron chi connectivity index (χ0n) is 31.6. The molecule has 0 aliphatic rings. The average Bonchev–Trinajstić information content (AvgIpc) is 3.62. The number of amides is 2. The molecule has 3 atom stereocenters. The molecule has 3 unspecified atom stereocenters. The standard InChI is InChI=1S/C43H48N3O9P/c1-3-54-56(51,55-4-2)39(25-24-31-16-8-5-9-17-31)42(49)45-37(27-40(47)52-29-32-18-10-6-11-19-32)41(48)46-38(43(50)53-30-33-20-12-7-13-21-33)26-34-28-44-36-23-15-14-22-35(34)36/h5-23,28,37-39,44H,3-4,24-27,29-30H2,1-2H3,(H,45,49)(H,46,48). The lowest BCUT2D eigenvalue weighted by atomic mass is 10.0. The predicted molar refractivity (Wildman–Crippen MR) is 212 cm³/mol. The summed E-state index contributed by atoms with van der Waals surface area (Å²) in [5.41, 5.74) is 2.60. The molecule has 13 heteroatoms. The Bertz CT molecular complexity index is 2070. The van der Waals surface area contributed by atoms with Gasteiger partial charge < -0.3 is 34.1 Å². The molecule has 1 aromatic heterocycles. The monoisotopic (exact) mass is 781 g/mol. The van der Waals surface area contributed by atoms with Crippen molar-refractivity contribution in [1.82, 2.24) is 15.6 Å². The van der Waals surface area contributed by atoms with Gasteiger partial charge in [0.2, 0.25) is 11.8 Å². The minimum Gasteiger partial charge on any atom is -0.461 e. The Labute approximate surface area is 326 Å². The average molecular weight is 782 g/mol. The minimum atomic E-state index is -4.08. The van der Waals surface area contributed by atoms with Crippen LogP contribution in [0.3, 0.4) is 0 Å². The van der Waals surface area contributed by atoms with Crippen LogP contribution in [-0.2, 0) is 68.3 Å². The molecule has 0 radical (unpaired) electrons. The Morgan fingerprint density at radius 1 is 0.661 bits per heavy atom. The number of carbonyl (C=O) groups is 4. The van der Waals surface area contributed by atoms with E-state index >= 15 is 0 Å². The third-order valence-corrected chi connectivity index (χ3v) is 11.5. The molecule has 12 nitrogen and oxygen atoms in total. The highest BCUT2D eigenvalue weighted by molar-refractivity contribution is 7.55. The smallest absolute Gasteiger partial charge is 0.343 e. The molecule has 0 saturated carbocycles. The van der Waals surface area contributed by atoms with Crippen LogP contribution in [0.2, 0.25) is 0 Å². The van der Waals surface area contributed by atoms with Crippen LogP contribution in [-0.4, -0.2) is 59.7 Å². The number of aryl methyl sites for hydroxylation is 1. The quantitative estimate of drug-likeness (QED) is 0.0536. The lowest BCUT2D eigenvalue weighted by molar-refractivity contribution is -0.150. The number of hydrogen-bond donors (Lipinski definition) is 3. The normalized spacial score (nSPS) is 13.0. The largest absolute Gasteiger partial charge is 0.461 e. The molecule has 56 heavy (non-hydrogen) atoms. The fourth-order valence-electron chi connectivity index (χ4n) is 6.21. The minimum absolute atomic E-state index is 0.00271. The van der Waals surface area contributed by atoms with Gasteiger partial charge in [-0.1, -0.05) is 109 Å². The number of benzene rings is 4. The van der Waals surface area contributed by atoms with E-state index in [1.54, 1.807) is 44.3 Å². The SMILES string of the molecule is CCOP(=O)(OCC)C(CCc1ccccc1)C(=O)NC(CC(=O)OCc1ccccc1)C(=O)NC(Cc1c[nH]c2ccccc12)C(=O)OCc1ccccc1. The maximum atomic E-state index is 14.3. The van der Waals surface area contributed by atoms with Gasteiger partial charge in [-0.15, -0.1) is 0 Å². The number of fused-ring (bicyclic) bond motifs is 1. The number of para-hydroxylation sites is 1. The number of aromatic amines is 1. The van der Waals surface area contributed by atoms with Crippen molar-refractivity contribution in [1.29, 1.82) is 0 Å². The number of ether oxygens (including phenoxy) is 2. The molecule has 0 saturated heterocycles. The van der Waals surface area contributed by atoms with E-state index in [0.717, 1.165) is 33.2 Å². The Kier molecular flexibility index (Phi) is 15.6. The summed E-state index contributed by atoms with van der Waals surface area (Å²) in [6, 6.07) is 32.2. The lowest BCUT2D eigenvalue weighted by Gasteiger charge is -2.28. The van der Waals surface area contributed by atoms with Gasteiger partial charge in [0, 0.05) is 23.5 Å². The Morgan fingerprint density at radius 3 is 1.80 bits per heavy atom. The predicted octanol–water partition coefficient (Wildman–Crippen LogP) is 6.82. The second-order valence-corrected chi connectivity index (χ2v) is 15.3. The van der Waals surface area contributed by atoms with Crippen molar-refractivity contribution in [3.05, 3.63) is 144 Å². The highest BCUT2D eigenvalue weighted by atomic mass is 31.2. The molecule has 2 amide bonds. The summed E-state index contributed by atoms with van der Waals surface area (Å²) >= 11 is 0. The second kappa shape index (κ2) is 20.9. The van der Waals surface area contributed by atoms with Crippen LogP contribution in [0.1, 0.15) is 48.9 Å². The van der Waals surface area contributed by atoms with Crippen molar-refractivity contribution in [3.63, 3.8) is 0 Å². The van der Waals surface area contributed by atoms with Gasteiger partial charge in [-0.3, -0.25) is 18.9 Å². The number of carbonyl (C=O) groups excluding carboxylic acids is 4. The van der Waals surface area contributed by atoms with Gasteiger partial charge >= 0.3 is 19.5 Å². The third kappa shape index (κ3) is 12.0. The van der Waals surface area contributed by atoms with Gasteiger partial charge in [0.25, 0.3) is 0 Å². The molecule has 294 valence electrons. The van der Waals surface area contributed by atoms with E-state index in [0.29, 0.717) is 6.42 Å². The van der Waals surface area contributed by atoms with E-state index in [2.05, 4.69) is 15.6 Å². The van der Waals surface area contributed by atoms with Crippen LogP contribution in [0.5, 0.6) is 0 Å². The topological polar surface area (TPSA) is 162 Å². The molecule has 0 bridgehead atoms. The van der Waals surface area contributed by atoms with Crippen molar-refractivity contribution in [2.24, 2.45) is 0 Å². The summed E-state index contributed by atoms with van der Waals surface area (Å²) in [5.74, 6) is -3.17. The summed E-state index contributed by atoms with van der Waals surface area (Å²) in [7, 11) is -4.08. The number of nitrogens with one attached hydrogen (secondary N) is 3. The fraction of sp³-hybridized carbons (Fsp3) is 0.302. The number of esters is 2. The van der Waals surface area contributed by atoms with Crippen molar-refractivity contribution < 1.29 is 42.3 Å².